The highest BCUT2D eigenvalue weighted by Gasteiger charge is 2.34. The molecule has 1 aliphatic heterocycles. The zero-order valence-electron chi connectivity index (χ0n) is 18.4. The summed E-state index contributed by atoms with van der Waals surface area (Å²) in [4.78, 5) is 25.1. The molecule has 3 aromatic rings. The molecule has 1 amide bonds. The van der Waals surface area contributed by atoms with E-state index in [1.165, 1.54) is 16.7 Å². The number of nitrogens with zero attached hydrogens (tertiary/aromatic N) is 5. The third-order valence-electron chi connectivity index (χ3n) is 7.05. The molecule has 0 spiro atoms. The van der Waals surface area contributed by atoms with Gasteiger partial charge in [-0.1, -0.05) is 24.3 Å². The fourth-order valence-corrected chi connectivity index (χ4v) is 5.01. The molecular weight excluding hydrogens is 400 g/mol. The Labute approximate surface area is 187 Å². The van der Waals surface area contributed by atoms with Crippen LogP contribution >= 0.6 is 0 Å². The first kappa shape index (κ1) is 19.6. The third kappa shape index (κ3) is 3.50. The van der Waals surface area contributed by atoms with Gasteiger partial charge in [-0.15, -0.1) is 0 Å². The minimum atomic E-state index is -0.0176. The van der Waals surface area contributed by atoms with Crippen molar-refractivity contribution in [3.8, 4) is 17.2 Å². The predicted molar refractivity (Wildman–Crippen MR) is 122 cm³/mol. The van der Waals surface area contributed by atoms with Crippen LogP contribution in [0.3, 0.4) is 0 Å². The Hall–Kier alpha value is -3.06. The van der Waals surface area contributed by atoms with E-state index >= 15 is 0 Å². The first-order valence-corrected chi connectivity index (χ1v) is 11.7. The molecular formula is C25H28N6O. The summed E-state index contributed by atoms with van der Waals surface area (Å²) in [5.74, 6) is 0.888. The molecule has 32 heavy (non-hydrogen) atoms. The van der Waals surface area contributed by atoms with E-state index in [1.807, 2.05) is 6.20 Å². The van der Waals surface area contributed by atoms with E-state index in [9.17, 15) is 4.79 Å². The van der Waals surface area contributed by atoms with Gasteiger partial charge in [-0.3, -0.25) is 4.79 Å². The van der Waals surface area contributed by atoms with Crippen molar-refractivity contribution in [2.75, 3.05) is 20.1 Å². The maximum Gasteiger partial charge on any atom is 0.255 e. The zero-order chi connectivity index (χ0) is 21.7. The quantitative estimate of drug-likeness (QED) is 0.691. The van der Waals surface area contributed by atoms with E-state index in [1.54, 1.807) is 10.9 Å². The lowest BCUT2D eigenvalue weighted by molar-refractivity contribution is 0.0916. The summed E-state index contributed by atoms with van der Waals surface area (Å²) in [5.41, 5.74) is 6.30. The number of likely N-dealkylation sites (tertiary alicyclic amines) is 1. The Morgan fingerprint density at radius 2 is 1.81 bits per heavy atom. The lowest BCUT2D eigenvalue weighted by Crippen LogP contribution is -2.43. The lowest BCUT2D eigenvalue weighted by Gasteiger charge is -2.29. The molecule has 1 saturated carbocycles. The summed E-state index contributed by atoms with van der Waals surface area (Å²) in [6, 6.07) is 8.68. The van der Waals surface area contributed by atoms with E-state index in [-0.39, 0.29) is 11.9 Å². The average molecular weight is 429 g/mol. The number of fused-ring (bicyclic) bond motifs is 3. The number of hydrogen-bond donors (Lipinski definition) is 1. The molecule has 164 valence electrons. The largest absolute Gasteiger partial charge is 0.349 e. The van der Waals surface area contributed by atoms with Crippen molar-refractivity contribution < 1.29 is 4.79 Å². The van der Waals surface area contributed by atoms with Crippen LogP contribution in [0.25, 0.3) is 17.2 Å². The standard InChI is InChI=1S/C25H28N6O/c1-30-12-10-19(11-13-30)28-24(32)21-15-27-31(23(21)17-7-8-17)25-26-14-18-9-6-16-4-2-3-5-20(16)22(18)29-25/h2-5,14-15,17,19H,6-13H2,1H3,(H,28,32). The van der Waals surface area contributed by atoms with E-state index in [4.69, 9.17) is 4.98 Å². The van der Waals surface area contributed by atoms with Gasteiger partial charge in [-0.05, 0) is 69.8 Å². The van der Waals surface area contributed by atoms with E-state index < -0.39 is 0 Å². The number of piperidine rings is 1. The Bertz CT molecular complexity index is 1170. The smallest absolute Gasteiger partial charge is 0.255 e. The van der Waals surface area contributed by atoms with E-state index in [0.717, 1.165) is 63.0 Å². The first-order valence-electron chi connectivity index (χ1n) is 11.7. The van der Waals surface area contributed by atoms with Gasteiger partial charge in [0, 0.05) is 23.7 Å². The molecule has 3 aliphatic rings. The number of hydrogen-bond acceptors (Lipinski definition) is 5. The molecule has 6 rings (SSSR count). The normalized spacial score (nSPS) is 18.8. The second kappa shape index (κ2) is 7.81. The van der Waals surface area contributed by atoms with Crippen LogP contribution in [0.5, 0.6) is 0 Å². The van der Waals surface area contributed by atoms with Crippen molar-refractivity contribution in [2.24, 2.45) is 0 Å². The number of amides is 1. The second-order valence-electron chi connectivity index (χ2n) is 9.38. The SMILES string of the molecule is CN1CCC(NC(=O)c2cnn(-c3ncc4c(n3)-c3ccccc3CC4)c2C2CC2)CC1. The Morgan fingerprint density at radius 1 is 1.03 bits per heavy atom. The van der Waals surface area contributed by atoms with Gasteiger partial charge in [-0.25, -0.2) is 14.6 Å². The van der Waals surface area contributed by atoms with Crippen molar-refractivity contribution in [3.63, 3.8) is 0 Å². The van der Waals surface area contributed by atoms with Crippen molar-refractivity contribution in [1.29, 1.82) is 0 Å². The molecule has 7 heteroatoms. The van der Waals surface area contributed by atoms with Gasteiger partial charge in [0.25, 0.3) is 11.9 Å². The third-order valence-corrected chi connectivity index (χ3v) is 7.05. The zero-order valence-corrected chi connectivity index (χ0v) is 18.4. The van der Waals surface area contributed by atoms with Gasteiger partial charge < -0.3 is 10.2 Å². The van der Waals surface area contributed by atoms with Gasteiger partial charge >= 0.3 is 0 Å². The first-order chi connectivity index (χ1) is 15.7. The van der Waals surface area contributed by atoms with Gasteiger partial charge in [0.15, 0.2) is 0 Å². The summed E-state index contributed by atoms with van der Waals surface area (Å²) in [5, 5.41) is 7.85. The van der Waals surface area contributed by atoms with Crippen LogP contribution in [-0.4, -0.2) is 56.7 Å². The highest BCUT2D eigenvalue weighted by molar-refractivity contribution is 5.95. The number of carbonyl (C=O) groups is 1. The fraction of sp³-hybridized carbons (Fsp3) is 0.440. The molecule has 1 N–H and O–H groups in total. The van der Waals surface area contributed by atoms with Crippen LogP contribution in [-0.2, 0) is 12.8 Å². The van der Waals surface area contributed by atoms with Crippen LogP contribution in [0.15, 0.2) is 36.7 Å². The summed E-state index contributed by atoms with van der Waals surface area (Å²) < 4.78 is 1.80. The molecule has 0 atom stereocenters. The van der Waals surface area contributed by atoms with Crippen molar-refractivity contribution in [3.05, 3.63) is 59.0 Å². The molecule has 0 radical (unpaired) electrons. The van der Waals surface area contributed by atoms with Crippen LogP contribution in [0.1, 0.15) is 58.8 Å². The molecule has 1 aromatic carbocycles. The summed E-state index contributed by atoms with van der Waals surface area (Å²) in [6.45, 7) is 2.04. The Balaban J connectivity index is 1.33. The Morgan fingerprint density at radius 3 is 2.62 bits per heavy atom. The van der Waals surface area contributed by atoms with Crippen molar-refractivity contribution in [1.82, 2.24) is 30.0 Å². The number of aromatic nitrogens is 4. The van der Waals surface area contributed by atoms with Crippen LogP contribution in [0.2, 0.25) is 0 Å². The van der Waals surface area contributed by atoms with Gasteiger partial charge in [0.05, 0.1) is 23.1 Å². The van der Waals surface area contributed by atoms with Gasteiger partial charge in [-0.2, -0.15) is 5.10 Å². The highest BCUT2D eigenvalue weighted by atomic mass is 16.1. The van der Waals surface area contributed by atoms with Crippen LogP contribution in [0, 0.1) is 0 Å². The topological polar surface area (TPSA) is 75.9 Å². The molecule has 1 saturated heterocycles. The molecule has 7 nitrogen and oxygen atoms in total. The van der Waals surface area contributed by atoms with Gasteiger partial charge in [0.1, 0.15) is 0 Å². The van der Waals surface area contributed by atoms with E-state index in [0.29, 0.717) is 17.4 Å². The van der Waals surface area contributed by atoms with Crippen LogP contribution < -0.4 is 5.32 Å². The minimum Gasteiger partial charge on any atom is -0.349 e. The maximum atomic E-state index is 13.2. The molecule has 2 aromatic heterocycles. The lowest BCUT2D eigenvalue weighted by atomic mass is 9.90. The van der Waals surface area contributed by atoms with Crippen molar-refractivity contribution in [2.45, 2.75) is 50.5 Å². The number of carbonyl (C=O) groups excluding carboxylic acids is 1. The van der Waals surface area contributed by atoms with Crippen molar-refractivity contribution >= 4 is 5.91 Å². The fourth-order valence-electron chi connectivity index (χ4n) is 5.01. The minimum absolute atomic E-state index is 0.0176. The average Bonchev–Trinajstić information content (AvgIpc) is 3.57. The summed E-state index contributed by atoms with van der Waals surface area (Å²) in [7, 11) is 2.13. The monoisotopic (exact) mass is 428 g/mol. The summed E-state index contributed by atoms with van der Waals surface area (Å²) >= 11 is 0. The second-order valence-corrected chi connectivity index (χ2v) is 9.38. The van der Waals surface area contributed by atoms with Gasteiger partial charge in [0.2, 0.25) is 0 Å². The number of aryl methyl sites for hydroxylation is 2. The van der Waals surface area contributed by atoms with E-state index in [2.05, 4.69) is 51.6 Å². The number of benzene rings is 1. The number of nitrogens with one attached hydrogen (secondary N) is 1. The molecule has 2 fully saturated rings. The van der Waals surface area contributed by atoms with Crippen LogP contribution in [0.4, 0.5) is 0 Å². The molecule has 0 bridgehead atoms. The molecule has 0 unspecified atom stereocenters. The predicted octanol–water partition coefficient (Wildman–Crippen LogP) is 3.13. The highest BCUT2D eigenvalue weighted by Crippen LogP contribution is 2.42. The molecule has 3 heterocycles. The summed E-state index contributed by atoms with van der Waals surface area (Å²) in [6.07, 6.45) is 9.74. The molecule has 2 aliphatic carbocycles. The number of rotatable bonds is 4. The maximum absolute atomic E-state index is 13.2. The Kier molecular flexibility index (Phi) is 4.79.